The number of pyridine rings is 1. The van der Waals surface area contributed by atoms with Crippen molar-refractivity contribution in [2.24, 2.45) is 0 Å². The summed E-state index contributed by atoms with van der Waals surface area (Å²) in [6.07, 6.45) is -0.230. The molecule has 0 saturated carbocycles. The highest BCUT2D eigenvalue weighted by Crippen LogP contribution is 2.37. The first-order valence-electron chi connectivity index (χ1n) is 14.8. The van der Waals surface area contributed by atoms with E-state index < -0.39 is 35.1 Å². The van der Waals surface area contributed by atoms with Gasteiger partial charge in [0.1, 0.15) is 11.4 Å². The Hall–Kier alpha value is -3.14. The van der Waals surface area contributed by atoms with Gasteiger partial charge in [-0.3, -0.25) is 9.59 Å². The summed E-state index contributed by atoms with van der Waals surface area (Å²) in [4.78, 5) is 33.6. The fourth-order valence-corrected chi connectivity index (χ4v) is 6.03. The molecule has 1 N–H and O–H groups in total. The number of amides is 1. The number of rotatable bonds is 8. The Labute approximate surface area is 259 Å². The summed E-state index contributed by atoms with van der Waals surface area (Å²) >= 11 is 3.50. The molecule has 1 aliphatic rings. The molecular weight excluding hydrogens is 623 g/mol. The molecule has 4 rings (SSSR count). The van der Waals surface area contributed by atoms with Crippen LogP contribution in [0.3, 0.4) is 0 Å². The molecule has 1 aliphatic heterocycles. The highest BCUT2D eigenvalue weighted by molar-refractivity contribution is 9.10. The average Bonchev–Trinajstić information content (AvgIpc) is 3.21. The van der Waals surface area contributed by atoms with Crippen LogP contribution in [0.4, 0.5) is 19.0 Å². The van der Waals surface area contributed by atoms with Gasteiger partial charge in [-0.05, 0) is 76.8 Å². The predicted octanol–water partition coefficient (Wildman–Crippen LogP) is 8.34. The Kier molecular flexibility index (Phi) is 10.4. The van der Waals surface area contributed by atoms with E-state index >= 15 is 0 Å². The quantitative estimate of drug-likeness (QED) is 0.246. The number of ether oxygens (including phenoxy) is 1. The second kappa shape index (κ2) is 13.7. The van der Waals surface area contributed by atoms with E-state index in [1.54, 1.807) is 26.8 Å². The van der Waals surface area contributed by atoms with E-state index in [0.717, 1.165) is 60.7 Å². The molecule has 3 aromatic rings. The van der Waals surface area contributed by atoms with Crippen molar-refractivity contribution in [3.8, 4) is 0 Å². The monoisotopic (exact) mass is 661 g/mol. The highest BCUT2D eigenvalue weighted by Gasteiger charge is 2.35. The standard InChI is InChI=1S/C33H39BrF3N3O3/c1-21-29(25-19-23(34)14-15-27(25)39-30(21)40-17-9-5-6-10-18-40)31(42)38-20-22(13-16-28(41)43-32(2,3)4)24-11-7-8-12-26(24)33(35,36)37/h7-8,11-12,14-15,19,22H,5-6,9-10,13,16-18,20H2,1-4H3,(H,38,42). The minimum Gasteiger partial charge on any atom is -0.460 e. The van der Waals surface area contributed by atoms with Gasteiger partial charge in [0.15, 0.2) is 0 Å². The summed E-state index contributed by atoms with van der Waals surface area (Å²) in [5.41, 5.74) is 0.373. The number of halogens is 4. The fourth-order valence-electron chi connectivity index (χ4n) is 5.67. The van der Waals surface area contributed by atoms with Gasteiger partial charge in [-0.1, -0.05) is 47.0 Å². The predicted molar refractivity (Wildman–Crippen MR) is 166 cm³/mol. The lowest BCUT2D eigenvalue weighted by atomic mass is 9.89. The maximum absolute atomic E-state index is 14.0. The van der Waals surface area contributed by atoms with Crippen molar-refractivity contribution in [1.29, 1.82) is 0 Å². The number of esters is 1. The molecule has 0 spiro atoms. The zero-order chi connectivity index (χ0) is 31.4. The molecule has 2 aromatic carbocycles. The molecule has 1 saturated heterocycles. The molecule has 43 heavy (non-hydrogen) atoms. The SMILES string of the molecule is Cc1c(N2CCCCCC2)nc2ccc(Br)cc2c1C(=O)NCC(CCC(=O)OC(C)(C)C)c1ccccc1C(F)(F)F. The van der Waals surface area contributed by atoms with E-state index in [-0.39, 0.29) is 24.9 Å². The molecule has 1 atom stereocenters. The molecule has 0 radical (unpaired) electrons. The fraction of sp³-hybridized carbons (Fsp3) is 0.485. The van der Waals surface area contributed by atoms with Crippen molar-refractivity contribution in [2.75, 3.05) is 24.5 Å². The lowest BCUT2D eigenvalue weighted by Gasteiger charge is -2.26. The Bertz CT molecular complexity index is 1460. The number of benzene rings is 2. The Morgan fingerprint density at radius 1 is 1.05 bits per heavy atom. The van der Waals surface area contributed by atoms with E-state index in [1.807, 2.05) is 25.1 Å². The number of carbonyl (C=O) groups is 2. The first-order valence-corrected chi connectivity index (χ1v) is 15.5. The molecule has 6 nitrogen and oxygen atoms in total. The van der Waals surface area contributed by atoms with Crippen LogP contribution in [-0.4, -0.2) is 42.1 Å². The minimum absolute atomic E-state index is 0.0307. The summed E-state index contributed by atoms with van der Waals surface area (Å²) in [6, 6.07) is 10.9. The smallest absolute Gasteiger partial charge is 0.416 e. The van der Waals surface area contributed by atoms with Gasteiger partial charge < -0.3 is 15.0 Å². The molecular formula is C33H39BrF3N3O3. The van der Waals surface area contributed by atoms with Crippen LogP contribution in [0.5, 0.6) is 0 Å². The van der Waals surface area contributed by atoms with E-state index in [4.69, 9.17) is 9.72 Å². The number of hydrogen-bond donors (Lipinski definition) is 1. The molecule has 1 fully saturated rings. The normalized spacial score (nSPS) is 15.2. The van der Waals surface area contributed by atoms with E-state index in [0.29, 0.717) is 16.5 Å². The number of hydrogen-bond acceptors (Lipinski definition) is 5. The molecule has 232 valence electrons. The topological polar surface area (TPSA) is 71.5 Å². The second-order valence-electron chi connectivity index (χ2n) is 12.1. The maximum atomic E-state index is 14.0. The number of alkyl halides is 3. The van der Waals surface area contributed by atoms with Crippen LogP contribution in [0.2, 0.25) is 0 Å². The number of fused-ring (bicyclic) bond motifs is 1. The van der Waals surface area contributed by atoms with Crippen molar-refractivity contribution in [1.82, 2.24) is 10.3 Å². The van der Waals surface area contributed by atoms with E-state index in [2.05, 4.69) is 26.1 Å². The van der Waals surface area contributed by atoms with E-state index in [1.165, 1.54) is 12.1 Å². The van der Waals surface area contributed by atoms with Crippen LogP contribution in [0.15, 0.2) is 46.9 Å². The third kappa shape index (κ3) is 8.49. The average molecular weight is 663 g/mol. The van der Waals surface area contributed by atoms with Crippen molar-refractivity contribution in [3.05, 3.63) is 69.2 Å². The molecule has 2 heterocycles. The summed E-state index contributed by atoms with van der Waals surface area (Å²) in [6.45, 7) is 8.69. The lowest BCUT2D eigenvalue weighted by molar-refractivity contribution is -0.155. The molecule has 10 heteroatoms. The summed E-state index contributed by atoms with van der Waals surface area (Å²) < 4.78 is 48.2. The van der Waals surface area contributed by atoms with Crippen LogP contribution in [0, 0.1) is 6.92 Å². The van der Waals surface area contributed by atoms with Crippen molar-refractivity contribution < 1.29 is 27.5 Å². The van der Waals surface area contributed by atoms with Crippen LogP contribution >= 0.6 is 15.9 Å². The molecule has 0 aliphatic carbocycles. The van der Waals surface area contributed by atoms with Gasteiger partial charge in [-0.2, -0.15) is 13.2 Å². The number of anilines is 1. The molecule has 1 aromatic heterocycles. The van der Waals surface area contributed by atoms with Crippen molar-refractivity contribution >= 4 is 44.5 Å². The summed E-state index contributed by atoms with van der Waals surface area (Å²) in [5, 5.41) is 3.58. The third-order valence-electron chi connectivity index (χ3n) is 7.63. The maximum Gasteiger partial charge on any atom is 0.416 e. The number of nitrogens with one attached hydrogen (secondary N) is 1. The van der Waals surface area contributed by atoms with Crippen LogP contribution in [-0.2, 0) is 15.7 Å². The van der Waals surface area contributed by atoms with Crippen LogP contribution in [0.1, 0.15) is 92.3 Å². The van der Waals surface area contributed by atoms with Gasteiger partial charge in [0.25, 0.3) is 5.91 Å². The number of carbonyl (C=O) groups excluding carboxylic acids is 2. The van der Waals surface area contributed by atoms with E-state index in [9.17, 15) is 22.8 Å². The van der Waals surface area contributed by atoms with Crippen molar-refractivity contribution in [3.63, 3.8) is 0 Å². The van der Waals surface area contributed by atoms with Gasteiger partial charge in [0, 0.05) is 47.4 Å². The van der Waals surface area contributed by atoms with Gasteiger partial charge >= 0.3 is 12.1 Å². The first kappa shape index (κ1) is 32.8. The van der Waals surface area contributed by atoms with Gasteiger partial charge in [-0.15, -0.1) is 0 Å². The van der Waals surface area contributed by atoms with Gasteiger partial charge in [-0.25, -0.2) is 4.98 Å². The molecule has 1 unspecified atom stereocenters. The lowest BCUT2D eigenvalue weighted by Crippen LogP contribution is -2.32. The Morgan fingerprint density at radius 2 is 1.72 bits per heavy atom. The zero-order valence-corrected chi connectivity index (χ0v) is 26.7. The van der Waals surface area contributed by atoms with Crippen LogP contribution in [0.25, 0.3) is 10.9 Å². The van der Waals surface area contributed by atoms with Gasteiger partial charge in [0.2, 0.25) is 0 Å². The second-order valence-corrected chi connectivity index (χ2v) is 13.0. The molecule has 0 bridgehead atoms. The molecule has 1 amide bonds. The summed E-state index contributed by atoms with van der Waals surface area (Å²) in [7, 11) is 0. The first-order chi connectivity index (χ1) is 20.2. The number of nitrogens with zero attached hydrogens (tertiary/aromatic N) is 2. The zero-order valence-electron chi connectivity index (χ0n) is 25.1. The Morgan fingerprint density at radius 3 is 2.37 bits per heavy atom. The van der Waals surface area contributed by atoms with Gasteiger partial charge in [0.05, 0.1) is 16.6 Å². The summed E-state index contributed by atoms with van der Waals surface area (Å²) in [5.74, 6) is -0.924. The van der Waals surface area contributed by atoms with Crippen LogP contribution < -0.4 is 10.2 Å². The number of aromatic nitrogens is 1. The Balaban J connectivity index is 1.68. The third-order valence-corrected chi connectivity index (χ3v) is 8.12. The van der Waals surface area contributed by atoms with Crippen molar-refractivity contribution in [2.45, 2.75) is 83.9 Å². The largest absolute Gasteiger partial charge is 0.460 e. The highest BCUT2D eigenvalue weighted by atomic mass is 79.9. The minimum atomic E-state index is -4.59.